The molecule has 5 nitrogen and oxygen atoms in total. The first kappa shape index (κ1) is 25.1. The molecule has 2 fully saturated rings. The third kappa shape index (κ3) is 5.71. The van der Waals surface area contributed by atoms with Gasteiger partial charge in [0.1, 0.15) is 0 Å². The van der Waals surface area contributed by atoms with Crippen LogP contribution in [-0.2, 0) is 12.0 Å². The van der Waals surface area contributed by atoms with Gasteiger partial charge in [-0.3, -0.25) is 4.79 Å². The number of amides is 1. The fourth-order valence-corrected chi connectivity index (χ4v) is 6.77. The molecule has 2 bridgehead atoms. The average molecular weight is 497 g/mol. The summed E-state index contributed by atoms with van der Waals surface area (Å²) in [7, 11) is 0. The minimum atomic E-state index is -0.989. The van der Waals surface area contributed by atoms with Crippen LogP contribution < -0.4 is 10.6 Å². The lowest BCUT2D eigenvalue weighted by Gasteiger charge is -2.47. The highest BCUT2D eigenvalue weighted by Gasteiger charge is 2.41. The first-order valence-corrected chi connectivity index (χ1v) is 13.4. The number of carbonyl (C=O) groups is 2. The van der Waals surface area contributed by atoms with Crippen LogP contribution in [0.4, 0.5) is 11.4 Å². The number of rotatable bonds is 7. The van der Waals surface area contributed by atoms with E-state index in [4.69, 9.17) is 0 Å². The van der Waals surface area contributed by atoms with Crippen LogP contribution in [0.2, 0.25) is 0 Å². The molecule has 3 N–H and O–H groups in total. The molecular weight excluding hydrogens is 460 g/mol. The molecule has 5 rings (SSSR count). The van der Waals surface area contributed by atoms with Crippen LogP contribution in [0, 0.1) is 17.8 Å². The van der Waals surface area contributed by atoms with Crippen LogP contribution >= 0.6 is 0 Å². The molecule has 2 aliphatic carbocycles. The first-order valence-electron chi connectivity index (χ1n) is 13.4. The second kappa shape index (κ2) is 10.4. The van der Waals surface area contributed by atoms with Crippen LogP contribution in [0.5, 0.6) is 0 Å². The summed E-state index contributed by atoms with van der Waals surface area (Å²) in [6, 6.07) is 22.6. The minimum Gasteiger partial charge on any atom is -0.478 e. The Morgan fingerprint density at radius 3 is 2.19 bits per heavy atom. The molecule has 0 spiro atoms. The lowest BCUT2D eigenvalue weighted by atomic mass is 9.57. The fourth-order valence-electron chi connectivity index (χ4n) is 6.77. The molecule has 0 aliphatic heterocycles. The number of fused-ring (bicyclic) bond motifs is 2. The second-order valence-electron chi connectivity index (χ2n) is 11.4. The van der Waals surface area contributed by atoms with Crippen molar-refractivity contribution in [3.8, 4) is 0 Å². The van der Waals surface area contributed by atoms with Gasteiger partial charge in [-0.2, -0.15) is 0 Å². The minimum absolute atomic E-state index is 0.136. The van der Waals surface area contributed by atoms with Gasteiger partial charge in [0.25, 0.3) is 5.91 Å². The summed E-state index contributed by atoms with van der Waals surface area (Å²) in [5, 5.41) is 15.5. The average Bonchev–Trinajstić information content (AvgIpc) is 2.87. The molecule has 0 saturated heterocycles. The van der Waals surface area contributed by atoms with Crippen LogP contribution in [0.3, 0.4) is 0 Å². The summed E-state index contributed by atoms with van der Waals surface area (Å²) < 4.78 is 0. The van der Waals surface area contributed by atoms with Crippen LogP contribution in [0.15, 0.2) is 72.8 Å². The molecule has 0 aromatic heterocycles. The van der Waals surface area contributed by atoms with Gasteiger partial charge in [-0.1, -0.05) is 50.2 Å². The maximum absolute atomic E-state index is 12.7. The highest BCUT2D eigenvalue weighted by atomic mass is 16.4. The number of anilines is 2. The number of nitrogens with one attached hydrogen (secondary N) is 2. The van der Waals surface area contributed by atoms with E-state index in [-0.39, 0.29) is 16.9 Å². The van der Waals surface area contributed by atoms with Crippen LogP contribution in [0.1, 0.15) is 77.8 Å². The summed E-state index contributed by atoms with van der Waals surface area (Å²) in [6.45, 7) is 5.33. The number of hydrogen-bond acceptors (Lipinski definition) is 3. The van der Waals surface area contributed by atoms with Crippen molar-refractivity contribution < 1.29 is 14.7 Å². The predicted octanol–water partition coefficient (Wildman–Crippen LogP) is 7.16. The second-order valence-corrected chi connectivity index (χ2v) is 11.4. The Kier molecular flexibility index (Phi) is 7.05. The quantitative estimate of drug-likeness (QED) is 0.324. The SMILES string of the molecule is CC1CC2CC(C1)CC(C)(c1ccc(CNC(=O)c3ccc(Nc4ccccc4C(=O)O)cc3)cc1)C2. The predicted molar refractivity (Wildman–Crippen MR) is 147 cm³/mol. The monoisotopic (exact) mass is 496 g/mol. The molecule has 2 unspecified atom stereocenters. The van der Waals surface area contributed by atoms with Gasteiger partial charge < -0.3 is 15.7 Å². The van der Waals surface area contributed by atoms with Crippen molar-refractivity contribution in [1.29, 1.82) is 0 Å². The Hall–Kier alpha value is -3.60. The van der Waals surface area contributed by atoms with E-state index in [9.17, 15) is 14.7 Å². The third-order valence-corrected chi connectivity index (χ3v) is 8.30. The van der Waals surface area contributed by atoms with E-state index in [2.05, 4.69) is 48.7 Å². The zero-order valence-corrected chi connectivity index (χ0v) is 21.7. The van der Waals surface area contributed by atoms with Gasteiger partial charge in [0, 0.05) is 17.8 Å². The van der Waals surface area contributed by atoms with Crippen molar-refractivity contribution in [3.05, 3.63) is 95.1 Å². The number of carboxylic acids is 1. The molecule has 3 aromatic carbocycles. The third-order valence-electron chi connectivity index (χ3n) is 8.30. The normalized spacial score (nSPS) is 24.8. The number of carbonyl (C=O) groups excluding carboxylic acids is 1. The standard InChI is InChI=1S/C32H36N2O3/c1-21-15-23-17-24(16-21)19-32(2,18-23)26-11-7-22(8-12-26)20-33-30(35)25-9-13-27(14-10-25)34-29-6-4-3-5-28(29)31(36)37/h3-14,21,23-24,34H,15-20H2,1-2H3,(H,33,35)(H,36,37). The Labute approximate surface area is 219 Å². The molecule has 1 amide bonds. The van der Waals surface area contributed by atoms with Gasteiger partial charge in [0.2, 0.25) is 0 Å². The Morgan fingerprint density at radius 1 is 0.892 bits per heavy atom. The van der Waals surface area contributed by atoms with E-state index < -0.39 is 5.97 Å². The number of aromatic carboxylic acids is 1. The lowest BCUT2D eigenvalue weighted by molar-refractivity contribution is 0.0697. The largest absolute Gasteiger partial charge is 0.478 e. The molecule has 5 heteroatoms. The summed E-state index contributed by atoms with van der Waals surface area (Å²) in [6.07, 6.45) is 6.75. The summed E-state index contributed by atoms with van der Waals surface area (Å²) in [5.74, 6) is 1.47. The van der Waals surface area contributed by atoms with E-state index in [0.29, 0.717) is 17.8 Å². The first-order chi connectivity index (χ1) is 17.8. The van der Waals surface area contributed by atoms with Crippen molar-refractivity contribution in [3.63, 3.8) is 0 Å². The Bertz CT molecular complexity index is 1250. The van der Waals surface area contributed by atoms with Gasteiger partial charge in [-0.15, -0.1) is 0 Å². The topological polar surface area (TPSA) is 78.4 Å². The Morgan fingerprint density at radius 2 is 1.54 bits per heavy atom. The molecule has 2 atom stereocenters. The van der Waals surface area contributed by atoms with E-state index in [1.54, 1.807) is 48.5 Å². The number of carboxylic acid groups (broad SMARTS) is 1. The van der Waals surface area contributed by atoms with Gasteiger partial charge >= 0.3 is 5.97 Å². The van der Waals surface area contributed by atoms with E-state index in [0.717, 1.165) is 29.0 Å². The van der Waals surface area contributed by atoms with Gasteiger partial charge in [-0.05, 0) is 103 Å². The maximum Gasteiger partial charge on any atom is 0.337 e. The number of hydrogen-bond donors (Lipinski definition) is 3. The van der Waals surface area contributed by atoms with Crippen molar-refractivity contribution in [2.45, 2.75) is 57.9 Å². The van der Waals surface area contributed by atoms with Crippen LogP contribution in [0.25, 0.3) is 0 Å². The molecule has 192 valence electrons. The molecule has 2 aliphatic rings. The molecule has 3 aromatic rings. The molecule has 37 heavy (non-hydrogen) atoms. The summed E-state index contributed by atoms with van der Waals surface area (Å²) in [5.41, 5.74) is 4.77. The van der Waals surface area contributed by atoms with E-state index >= 15 is 0 Å². The molecule has 0 radical (unpaired) electrons. The van der Waals surface area contributed by atoms with Crippen molar-refractivity contribution in [2.24, 2.45) is 17.8 Å². The lowest BCUT2D eigenvalue weighted by Crippen LogP contribution is -2.38. The fraction of sp³-hybridized carbons (Fsp3) is 0.375. The van der Waals surface area contributed by atoms with E-state index in [1.165, 1.54) is 37.7 Å². The smallest absolute Gasteiger partial charge is 0.337 e. The van der Waals surface area contributed by atoms with E-state index in [1.807, 2.05) is 0 Å². The van der Waals surface area contributed by atoms with Crippen molar-refractivity contribution in [2.75, 3.05) is 5.32 Å². The molecular formula is C32H36N2O3. The number of para-hydroxylation sites is 1. The Balaban J connectivity index is 1.17. The number of benzene rings is 3. The van der Waals surface area contributed by atoms with Crippen LogP contribution in [-0.4, -0.2) is 17.0 Å². The van der Waals surface area contributed by atoms with Crippen molar-refractivity contribution >= 4 is 23.3 Å². The summed E-state index contributed by atoms with van der Waals surface area (Å²) in [4.78, 5) is 24.1. The zero-order chi connectivity index (χ0) is 26.0. The van der Waals surface area contributed by atoms with Gasteiger partial charge in [-0.25, -0.2) is 4.79 Å². The van der Waals surface area contributed by atoms with Gasteiger partial charge in [0.05, 0.1) is 11.3 Å². The highest BCUT2D eigenvalue weighted by molar-refractivity contribution is 5.96. The molecule has 0 heterocycles. The maximum atomic E-state index is 12.7. The summed E-state index contributed by atoms with van der Waals surface area (Å²) >= 11 is 0. The van der Waals surface area contributed by atoms with Gasteiger partial charge in [0.15, 0.2) is 0 Å². The molecule has 2 saturated carbocycles. The highest BCUT2D eigenvalue weighted by Crippen LogP contribution is 2.51. The van der Waals surface area contributed by atoms with Crippen molar-refractivity contribution in [1.82, 2.24) is 5.32 Å². The zero-order valence-electron chi connectivity index (χ0n) is 21.7.